The van der Waals surface area contributed by atoms with Crippen LogP contribution in [0.25, 0.3) is 20.1 Å². The van der Waals surface area contributed by atoms with Gasteiger partial charge in [0.2, 0.25) is 0 Å². The minimum absolute atomic E-state index is 0.711. The monoisotopic (exact) mass is 318 g/mol. The molecule has 3 rings (SSSR count). The molecule has 3 heterocycles. The number of aryl methyl sites for hydroxylation is 1. The highest BCUT2D eigenvalue weighted by Gasteiger charge is 2.10. The first-order valence-corrected chi connectivity index (χ1v) is 8.91. The number of aromatic nitrogens is 2. The summed E-state index contributed by atoms with van der Waals surface area (Å²) < 4.78 is 8.04. The van der Waals surface area contributed by atoms with Crippen molar-refractivity contribution in [1.82, 2.24) is 9.97 Å². The molecule has 0 aliphatic carbocycles. The highest BCUT2D eigenvalue weighted by Crippen LogP contribution is 2.40. The van der Waals surface area contributed by atoms with E-state index >= 15 is 0 Å². The zero-order valence-electron chi connectivity index (χ0n) is 12.3. The highest BCUT2D eigenvalue weighted by atomic mass is 32.1. The molecule has 0 bridgehead atoms. The van der Waals surface area contributed by atoms with Crippen LogP contribution in [0.3, 0.4) is 0 Å². The van der Waals surface area contributed by atoms with Crippen LogP contribution >= 0.6 is 22.7 Å². The molecule has 0 fully saturated rings. The number of ether oxygens (including phenoxy) is 1. The molecular formula is C16H18N2OS2. The predicted molar refractivity (Wildman–Crippen MR) is 90.5 cm³/mol. The topological polar surface area (TPSA) is 35.0 Å². The summed E-state index contributed by atoms with van der Waals surface area (Å²) in [4.78, 5) is 10.1. The standard InChI is InChI=1S/C16H18N2OS2/c1-3-5-6-11-9-17-16(18-10-11)14-7-12-13(20-14)8-15(21-12)19-4-2/h7-10H,3-6H2,1-2H3. The van der Waals surface area contributed by atoms with Gasteiger partial charge in [-0.1, -0.05) is 24.7 Å². The first-order chi connectivity index (χ1) is 10.3. The molecule has 0 atom stereocenters. The van der Waals surface area contributed by atoms with Crippen LogP contribution in [-0.4, -0.2) is 16.6 Å². The molecule has 0 amide bonds. The predicted octanol–water partition coefficient (Wildman–Crippen LogP) is 5.16. The highest BCUT2D eigenvalue weighted by molar-refractivity contribution is 7.30. The van der Waals surface area contributed by atoms with Gasteiger partial charge in [-0.2, -0.15) is 0 Å². The number of fused-ring (bicyclic) bond motifs is 1. The lowest BCUT2D eigenvalue weighted by molar-refractivity contribution is 0.350. The molecular weight excluding hydrogens is 300 g/mol. The molecule has 0 radical (unpaired) electrons. The van der Waals surface area contributed by atoms with Crippen molar-refractivity contribution in [1.29, 1.82) is 0 Å². The van der Waals surface area contributed by atoms with E-state index in [4.69, 9.17) is 4.74 Å². The lowest BCUT2D eigenvalue weighted by Gasteiger charge is -2.00. The van der Waals surface area contributed by atoms with Crippen LogP contribution in [0.2, 0.25) is 0 Å². The second-order valence-electron chi connectivity index (χ2n) is 4.86. The van der Waals surface area contributed by atoms with E-state index in [0.717, 1.165) is 22.2 Å². The van der Waals surface area contributed by atoms with Crippen LogP contribution in [0.5, 0.6) is 5.06 Å². The van der Waals surface area contributed by atoms with Crippen LogP contribution in [0.15, 0.2) is 24.5 Å². The molecule has 21 heavy (non-hydrogen) atoms. The molecule has 0 saturated heterocycles. The van der Waals surface area contributed by atoms with Gasteiger partial charge in [0.25, 0.3) is 0 Å². The van der Waals surface area contributed by atoms with Crippen LogP contribution < -0.4 is 4.74 Å². The fourth-order valence-corrected chi connectivity index (χ4v) is 4.37. The Hall–Kier alpha value is -1.46. The Kier molecular flexibility index (Phi) is 4.51. The van der Waals surface area contributed by atoms with Crippen molar-refractivity contribution in [2.45, 2.75) is 33.1 Å². The maximum Gasteiger partial charge on any atom is 0.175 e. The Balaban J connectivity index is 1.81. The molecule has 3 aromatic heterocycles. The number of rotatable bonds is 6. The summed E-state index contributed by atoms with van der Waals surface area (Å²) >= 11 is 3.41. The van der Waals surface area contributed by atoms with Gasteiger partial charge in [0.1, 0.15) is 0 Å². The number of nitrogens with zero attached hydrogens (tertiary/aromatic N) is 2. The van der Waals surface area contributed by atoms with Gasteiger partial charge < -0.3 is 4.74 Å². The van der Waals surface area contributed by atoms with E-state index in [2.05, 4.69) is 29.0 Å². The Bertz CT molecular complexity index is 684. The molecule has 0 aliphatic rings. The van der Waals surface area contributed by atoms with Crippen molar-refractivity contribution < 1.29 is 4.74 Å². The first kappa shape index (κ1) is 14.5. The minimum atomic E-state index is 0.711. The van der Waals surface area contributed by atoms with Crippen LogP contribution in [0, 0.1) is 0 Å². The molecule has 5 heteroatoms. The quantitative estimate of drug-likeness (QED) is 0.629. The largest absolute Gasteiger partial charge is 0.484 e. The van der Waals surface area contributed by atoms with E-state index in [1.165, 1.54) is 27.8 Å². The summed E-state index contributed by atoms with van der Waals surface area (Å²) in [6, 6.07) is 4.27. The smallest absolute Gasteiger partial charge is 0.175 e. The van der Waals surface area contributed by atoms with Crippen LogP contribution in [0.4, 0.5) is 0 Å². The van der Waals surface area contributed by atoms with E-state index in [9.17, 15) is 0 Å². The lowest BCUT2D eigenvalue weighted by atomic mass is 10.1. The summed E-state index contributed by atoms with van der Waals surface area (Å²) in [5.41, 5.74) is 1.22. The average Bonchev–Trinajstić information content (AvgIpc) is 3.04. The zero-order chi connectivity index (χ0) is 14.7. The van der Waals surface area contributed by atoms with Gasteiger partial charge in [0.15, 0.2) is 10.9 Å². The second kappa shape index (κ2) is 6.54. The van der Waals surface area contributed by atoms with Gasteiger partial charge in [-0.25, -0.2) is 9.97 Å². The summed E-state index contributed by atoms with van der Waals surface area (Å²) in [7, 11) is 0. The second-order valence-corrected chi connectivity index (χ2v) is 6.99. The van der Waals surface area contributed by atoms with Gasteiger partial charge in [0.05, 0.1) is 11.5 Å². The molecule has 3 nitrogen and oxygen atoms in total. The summed E-state index contributed by atoms with van der Waals surface area (Å²) in [5.74, 6) is 0.821. The van der Waals surface area contributed by atoms with Crippen molar-refractivity contribution in [3.8, 4) is 15.8 Å². The zero-order valence-corrected chi connectivity index (χ0v) is 13.9. The van der Waals surface area contributed by atoms with Gasteiger partial charge >= 0.3 is 0 Å². The molecule has 0 saturated carbocycles. The van der Waals surface area contributed by atoms with E-state index in [1.54, 1.807) is 22.7 Å². The molecule has 0 aromatic carbocycles. The van der Waals surface area contributed by atoms with E-state index in [0.29, 0.717) is 6.61 Å². The molecule has 0 unspecified atom stereocenters. The van der Waals surface area contributed by atoms with Crippen molar-refractivity contribution in [2.75, 3.05) is 6.61 Å². The van der Waals surface area contributed by atoms with Gasteiger partial charge in [0, 0.05) is 27.9 Å². The maximum absolute atomic E-state index is 5.54. The normalized spacial score (nSPS) is 11.1. The third-order valence-electron chi connectivity index (χ3n) is 3.22. The van der Waals surface area contributed by atoms with Crippen molar-refractivity contribution in [3.05, 3.63) is 30.1 Å². The Morgan fingerprint density at radius 2 is 1.81 bits per heavy atom. The third kappa shape index (κ3) is 3.24. The lowest BCUT2D eigenvalue weighted by Crippen LogP contribution is -1.91. The molecule has 3 aromatic rings. The Morgan fingerprint density at radius 3 is 2.48 bits per heavy atom. The molecule has 110 valence electrons. The molecule has 0 spiro atoms. The van der Waals surface area contributed by atoms with Crippen molar-refractivity contribution in [2.24, 2.45) is 0 Å². The van der Waals surface area contributed by atoms with Crippen molar-refractivity contribution in [3.63, 3.8) is 0 Å². The van der Waals surface area contributed by atoms with Gasteiger partial charge in [-0.05, 0) is 31.4 Å². The Morgan fingerprint density at radius 1 is 1.05 bits per heavy atom. The SMILES string of the molecule is CCCCc1cnc(-c2cc3sc(OCC)cc3s2)nc1. The van der Waals surface area contributed by atoms with Crippen LogP contribution in [0.1, 0.15) is 32.3 Å². The minimum Gasteiger partial charge on any atom is -0.484 e. The van der Waals surface area contributed by atoms with E-state index in [-0.39, 0.29) is 0 Å². The number of unbranched alkanes of at least 4 members (excludes halogenated alkanes) is 1. The van der Waals surface area contributed by atoms with Gasteiger partial charge in [-0.15, -0.1) is 11.3 Å². The molecule has 0 aliphatic heterocycles. The molecule has 0 N–H and O–H groups in total. The number of hydrogen-bond acceptors (Lipinski definition) is 5. The van der Waals surface area contributed by atoms with E-state index in [1.807, 2.05) is 19.3 Å². The summed E-state index contributed by atoms with van der Waals surface area (Å²) in [6.45, 7) is 4.92. The Labute approximate surface area is 132 Å². The number of hydrogen-bond donors (Lipinski definition) is 0. The average molecular weight is 318 g/mol. The maximum atomic E-state index is 5.54. The summed E-state index contributed by atoms with van der Waals surface area (Å²) in [5, 5.41) is 0.987. The van der Waals surface area contributed by atoms with E-state index < -0.39 is 0 Å². The fourth-order valence-electron chi connectivity index (χ4n) is 2.13. The van der Waals surface area contributed by atoms with Crippen LogP contribution in [-0.2, 0) is 6.42 Å². The fraction of sp³-hybridized carbons (Fsp3) is 0.375. The first-order valence-electron chi connectivity index (χ1n) is 7.27. The summed E-state index contributed by atoms with van der Waals surface area (Å²) in [6.07, 6.45) is 7.37. The van der Waals surface area contributed by atoms with Gasteiger partial charge in [-0.3, -0.25) is 0 Å². The van der Waals surface area contributed by atoms with Crippen molar-refractivity contribution >= 4 is 32.1 Å². The number of thiophene rings is 2. The third-order valence-corrected chi connectivity index (χ3v) is 5.42.